The van der Waals surface area contributed by atoms with Crippen molar-refractivity contribution in [2.75, 3.05) is 0 Å². The Morgan fingerprint density at radius 2 is 1.56 bits per heavy atom. The van der Waals surface area contributed by atoms with Gasteiger partial charge in [-0.2, -0.15) is 13.2 Å². The highest BCUT2D eigenvalue weighted by molar-refractivity contribution is 7.92. The lowest BCUT2D eigenvalue weighted by molar-refractivity contribution is -0.137. The summed E-state index contributed by atoms with van der Waals surface area (Å²) >= 11 is -1.17. The van der Waals surface area contributed by atoms with E-state index < -0.39 is 22.9 Å². The maximum Gasteiger partial charge on any atom is 0.416 e. The van der Waals surface area contributed by atoms with Crippen LogP contribution < -0.4 is 0 Å². The molecular formula is C13H15F3OS. The van der Waals surface area contributed by atoms with Crippen LogP contribution in [0.4, 0.5) is 13.2 Å². The average Bonchev–Trinajstić information content (AvgIpc) is 2.38. The third kappa shape index (κ3) is 3.20. The minimum atomic E-state index is -4.33. The van der Waals surface area contributed by atoms with Crippen molar-refractivity contribution in [3.63, 3.8) is 0 Å². The normalized spacial score (nSPS) is 19.8. The zero-order valence-electron chi connectivity index (χ0n) is 9.87. The minimum absolute atomic E-state index is 0.107. The van der Waals surface area contributed by atoms with Gasteiger partial charge in [-0.15, -0.1) is 0 Å². The number of rotatable bonds is 2. The second-order valence-corrected chi connectivity index (χ2v) is 6.31. The fourth-order valence-corrected chi connectivity index (χ4v) is 3.80. The van der Waals surface area contributed by atoms with Crippen LogP contribution in [0.15, 0.2) is 29.2 Å². The lowest BCUT2D eigenvalue weighted by Crippen LogP contribution is -2.24. The topological polar surface area (TPSA) is 23.1 Å². The number of alkyl halides is 3. The molecule has 1 unspecified atom stereocenters. The van der Waals surface area contributed by atoms with Gasteiger partial charge in [-0.05, 0) is 61.1 Å². The molecule has 100 valence electrons. The van der Waals surface area contributed by atoms with Crippen LogP contribution in [0.2, 0.25) is 0 Å². The predicted octanol–water partition coefficient (Wildman–Crippen LogP) is 4.15. The van der Waals surface area contributed by atoms with Gasteiger partial charge in [-0.25, -0.2) is 0 Å². The summed E-state index contributed by atoms with van der Waals surface area (Å²) in [6, 6.07) is 4.70. The number of hydrogen-bond acceptors (Lipinski definition) is 1. The van der Waals surface area contributed by atoms with Gasteiger partial charge in [0.2, 0.25) is 0 Å². The first-order valence-corrected chi connectivity index (χ1v) is 7.27. The molecule has 5 heteroatoms. The van der Waals surface area contributed by atoms with Gasteiger partial charge in [0.05, 0.1) is 5.56 Å². The Bertz CT molecular complexity index is 382. The van der Waals surface area contributed by atoms with Gasteiger partial charge in [0.15, 0.2) is 4.90 Å². The Kier molecular flexibility index (Phi) is 4.22. The van der Waals surface area contributed by atoms with Crippen molar-refractivity contribution in [1.82, 2.24) is 0 Å². The highest BCUT2D eigenvalue weighted by Crippen LogP contribution is 2.32. The van der Waals surface area contributed by atoms with E-state index in [1.54, 1.807) is 0 Å². The number of hydrogen-bond donors (Lipinski definition) is 0. The Hall–Kier alpha value is -0.680. The lowest BCUT2D eigenvalue weighted by atomic mass is 10.0. The van der Waals surface area contributed by atoms with Crippen LogP contribution in [-0.4, -0.2) is 9.80 Å². The fraction of sp³-hybridized carbons (Fsp3) is 0.538. The lowest BCUT2D eigenvalue weighted by Gasteiger charge is -2.24. The van der Waals surface area contributed by atoms with Crippen molar-refractivity contribution in [2.24, 2.45) is 0 Å². The van der Waals surface area contributed by atoms with E-state index in [4.69, 9.17) is 0 Å². The van der Waals surface area contributed by atoms with Crippen LogP contribution in [0.5, 0.6) is 0 Å². The van der Waals surface area contributed by atoms with Gasteiger partial charge < -0.3 is 4.55 Å². The summed E-state index contributed by atoms with van der Waals surface area (Å²) in [5.74, 6) is 0. The van der Waals surface area contributed by atoms with E-state index in [0.717, 1.165) is 37.8 Å². The van der Waals surface area contributed by atoms with Gasteiger partial charge in [-0.1, -0.05) is 6.42 Å². The third-order valence-electron chi connectivity index (χ3n) is 3.27. The monoisotopic (exact) mass is 276 g/mol. The van der Waals surface area contributed by atoms with Crippen LogP contribution in [0.1, 0.15) is 37.7 Å². The quantitative estimate of drug-likeness (QED) is 0.744. The summed E-state index contributed by atoms with van der Waals surface area (Å²) in [4.78, 5) is 0.509. The zero-order valence-corrected chi connectivity index (χ0v) is 10.7. The van der Waals surface area contributed by atoms with Gasteiger partial charge in [-0.3, -0.25) is 0 Å². The van der Waals surface area contributed by atoms with E-state index in [9.17, 15) is 17.7 Å². The minimum Gasteiger partial charge on any atom is -0.611 e. The molecule has 1 aromatic carbocycles. The predicted molar refractivity (Wildman–Crippen MR) is 64.7 cm³/mol. The van der Waals surface area contributed by atoms with Crippen molar-refractivity contribution in [1.29, 1.82) is 0 Å². The molecule has 1 aliphatic rings. The molecular weight excluding hydrogens is 261 g/mol. The molecule has 0 radical (unpaired) electrons. The van der Waals surface area contributed by atoms with Gasteiger partial charge in [0.1, 0.15) is 5.25 Å². The first-order chi connectivity index (χ1) is 8.48. The van der Waals surface area contributed by atoms with E-state index in [1.807, 2.05) is 0 Å². The highest BCUT2D eigenvalue weighted by atomic mass is 32.2. The van der Waals surface area contributed by atoms with Crippen molar-refractivity contribution in [3.8, 4) is 0 Å². The Labute approximate surface area is 108 Å². The van der Waals surface area contributed by atoms with Crippen molar-refractivity contribution in [2.45, 2.75) is 48.4 Å². The largest absolute Gasteiger partial charge is 0.611 e. The average molecular weight is 276 g/mol. The maximum atomic E-state index is 12.4. The second-order valence-electron chi connectivity index (χ2n) is 4.58. The van der Waals surface area contributed by atoms with Crippen LogP contribution in [0, 0.1) is 0 Å². The number of benzene rings is 1. The Balaban J connectivity index is 2.09. The number of halogens is 3. The van der Waals surface area contributed by atoms with Crippen LogP contribution in [-0.2, 0) is 17.4 Å². The van der Waals surface area contributed by atoms with E-state index in [2.05, 4.69) is 0 Å². The molecule has 2 rings (SSSR count). The van der Waals surface area contributed by atoms with Crippen LogP contribution in [0.25, 0.3) is 0 Å². The van der Waals surface area contributed by atoms with Crippen LogP contribution in [0.3, 0.4) is 0 Å². The molecule has 0 amide bonds. The fourth-order valence-electron chi connectivity index (χ4n) is 2.25. The van der Waals surface area contributed by atoms with E-state index in [1.165, 1.54) is 18.6 Å². The molecule has 1 fully saturated rings. The molecule has 0 heterocycles. The SMILES string of the molecule is [O-][S+](c1ccc(C(F)(F)F)cc1)C1CCCCC1. The molecule has 0 aromatic heterocycles. The second kappa shape index (κ2) is 5.53. The summed E-state index contributed by atoms with van der Waals surface area (Å²) in [5, 5.41) is 0.107. The van der Waals surface area contributed by atoms with Gasteiger partial charge in [0.25, 0.3) is 0 Å². The first kappa shape index (κ1) is 13.7. The summed E-state index contributed by atoms with van der Waals surface area (Å²) in [5.41, 5.74) is -0.688. The Morgan fingerprint density at radius 3 is 2.06 bits per heavy atom. The summed E-state index contributed by atoms with van der Waals surface area (Å²) in [6.07, 6.45) is 0.793. The van der Waals surface area contributed by atoms with Crippen molar-refractivity contribution in [3.05, 3.63) is 29.8 Å². The van der Waals surface area contributed by atoms with Crippen LogP contribution >= 0.6 is 0 Å². The summed E-state index contributed by atoms with van der Waals surface area (Å²) in [7, 11) is 0. The Morgan fingerprint density at radius 1 is 1.00 bits per heavy atom. The highest BCUT2D eigenvalue weighted by Gasteiger charge is 2.32. The molecule has 0 saturated heterocycles. The third-order valence-corrected chi connectivity index (χ3v) is 5.08. The molecule has 0 bridgehead atoms. The molecule has 0 N–H and O–H groups in total. The molecule has 1 atom stereocenters. The molecule has 1 nitrogen and oxygen atoms in total. The molecule has 0 spiro atoms. The maximum absolute atomic E-state index is 12.4. The smallest absolute Gasteiger partial charge is 0.416 e. The molecule has 0 aliphatic heterocycles. The molecule has 1 saturated carbocycles. The first-order valence-electron chi connectivity index (χ1n) is 6.06. The van der Waals surface area contributed by atoms with Gasteiger partial charge >= 0.3 is 6.18 Å². The zero-order chi connectivity index (χ0) is 13.2. The summed E-state index contributed by atoms with van der Waals surface area (Å²) < 4.78 is 49.4. The van der Waals surface area contributed by atoms with E-state index in [-0.39, 0.29) is 5.25 Å². The molecule has 1 aliphatic carbocycles. The molecule has 18 heavy (non-hydrogen) atoms. The van der Waals surface area contributed by atoms with E-state index in [0.29, 0.717) is 4.90 Å². The molecule has 1 aromatic rings. The van der Waals surface area contributed by atoms with Crippen molar-refractivity contribution < 1.29 is 17.7 Å². The standard InChI is InChI=1S/C13H15F3OS/c14-13(15,16)10-6-8-12(9-7-10)18(17)11-4-2-1-3-5-11/h6-9,11H,1-5H2. The van der Waals surface area contributed by atoms with Gasteiger partial charge in [0, 0.05) is 0 Å². The summed E-state index contributed by atoms with van der Waals surface area (Å²) in [6.45, 7) is 0. The van der Waals surface area contributed by atoms with Crippen molar-refractivity contribution >= 4 is 11.2 Å². The van der Waals surface area contributed by atoms with E-state index >= 15 is 0 Å².